The van der Waals surface area contributed by atoms with Crippen molar-refractivity contribution in [2.45, 2.75) is 24.8 Å². The van der Waals surface area contributed by atoms with Crippen molar-refractivity contribution < 1.29 is 17.7 Å². The largest absolute Gasteiger partial charge is 0.397 e. The molecule has 0 fully saturated rings. The van der Waals surface area contributed by atoms with Gasteiger partial charge in [0.2, 0.25) is 10.0 Å². The van der Waals surface area contributed by atoms with Crippen LogP contribution in [0.4, 0.5) is 15.8 Å². The Hall–Kier alpha value is -1.74. The van der Waals surface area contributed by atoms with Gasteiger partial charge in [0.05, 0.1) is 16.7 Å². The number of hydrogen-bond donors (Lipinski definition) is 1. The lowest BCUT2D eigenvalue weighted by Gasteiger charge is -2.21. The van der Waals surface area contributed by atoms with Crippen molar-refractivity contribution in [2.75, 3.05) is 12.8 Å². The van der Waals surface area contributed by atoms with Crippen LogP contribution in [-0.2, 0) is 10.0 Å². The predicted molar refractivity (Wildman–Crippen MR) is 67.6 cm³/mol. The van der Waals surface area contributed by atoms with Gasteiger partial charge in [-0.05, 0) is 13.8 Å². The molecule has 1 aromatic carbocycles. The van der Waals surface area contributed by atoms with E-state index in [2.05, 4.69) is 0 Å². The van der Waals surface area contributed by atoms with Crippen molar-refractivity contribution in [3.8, 4) is 0 Å². The van der Waals surface area contributed by atoms with Crippen molar-refractivity contribution in [1.29, 1.82) is 0 Å². The summed E-state index contributed by atoms with van der Waals surface area (Å²) in [7, 11) is -2.85. The van der Waals surface area contributed by atoms with Crippen molar-refractivity contribution in [2.24, 2.45) is 0 Å². The lowest BCUT2D eigenvalue weighted by atomic mass is 10.3. The number of rotatable bonds is 4. The number of nitrogens with two attached hydrogens (primary N) is 1. The Morgan fingerprint density at radius 2 is 1.95 bits per heavy atom. The van der Waals surface area contributed by atoms with Crippen molar-refractivity contribution >= 4 is 21.4 Å². The average Bonchev–Trinajstić information content (AvgIpc) is 2.26. The van der Waals surface area contributed by atoms with Gasteiger partial charge in [0.25, 0.3) is 5.69 Å². The molecule has 0 heterocycles. The molecule has 0 aliphatic rings. The molecule has 0 atom stereocenters. The van der Waals surface area contributed by atoms with Gasteiger partial charge in [-0.15, -0.1) is 0 Å². The summed E-state index contributed by atoms with van der Waals surface area (Å²) in [6.07, 6.45) is 0. The standard InChI is InChI=1S/C10H14FN3O4S/c1-6(2)13(3)19(17,18)10-8(11)4-7(14(15)16)5-9(10)12/h4-6H,12H2,1-3H3. The summed E-state index contributed by atoms with van der Waals surface area (Å²) in [6.45, 7) is 3.22. The summed E-state index contributed by atoms with van der Waals surface area (Å²) >= 11 is 0. The maximum Gasteiger partial charge on any atom is 0.274 e. The molecule has 7 nitrogen and oxygen atoms in total. The maximum absolute atomic E-state index is 13.8. The third-order valence-electron chi connectivity index (χ3n) is 2.63. The third kappa shape index (κ3) is 2.82. The fraction of sp³-hybridized carbons (Fsp3) is 0.400. The van der Waals surface area contributed by atoms with Crippen LogP contribution >= 0.6 is 0 Å². The molecule has 1 rings (SSSR count). The van der Waals surface area contributed by atoms with E-state index in [0.29, 0.717) is 6.07 Å². The number of halogens is 1. The minimum absolute atomic E-state index is 0.404. The monoisotopic (exact) mass is 291 g/mol. The Morgan fingerprint density at radius 3 is 2.32 bits per heavy atom. The normalized spacial score (nSPS) is 12.1. The molecule has 0 saturated carbocycles. The molecular weight excluding hydrogens is 277 g/mol. The highest BCUT2D eigenvalue weighted by molar-refractivity contribution is 7.89. The first kappa shape index (κ1) is 15.3. The molecule has 0 bridgehead atoms. The zero-order valence-electron chi connectivity index (χ0n) is 10.6. The average molecular weight is 291 g/mol. The van der Waals surface area contributed by atoms with Crippen LogP contribution in [0.25, 0.3) is 0 Å². The van der Waals surface area contributed by atoms with E-state index in [-0.39, 0.29) is 0 Å². The van der Waals surface area contributed by atoms with Crippen LogP contribution in [-0.4, -0.2) is 30.7 Å². The number of non-ortho nitro benzene ring substituents is 1. The Labute approximate surface area is 110 Å². The number of nitrogens with zero attached hydrogens (tertiary/aromatic N) is 2. The molecule has 0 aliphatic heterocycles. The lowest BCUT2D eigenvalue weighted by Crippen LogP contribution is -2.34. The Balaban J connectivity index is 3.49. The fourth-order valence-electron chi connectivity index (χ4n) is 1.40. The van der Waals surface area contributed by atoms with Crippen molar-refractivity contribution in [3.63, 3.8) is 0 Å². The van der Waals surface area contributed by atoms with Gasteiger partial charge in [-0.2, -0.15) is 4.31 Å². The van der Waals surface area contributed by atoms with E-state index in [9.17, 15) is 22.9 Å². The highest BCUT2D eigenvalue weighted by Crippen LogP contribution is 2.29. The van der Waals surface area contributed by atoms with Gasteiger partial charge in [-0.3, -0.25) is 10.1 Å². The van der Waals surface area contributed by atoms with Gasteiger partial charge in [-0.25, -0.2) is 12.8 Å². The van der Waals surface area contributed by atoms with Gasteiger partial charge >= 0.3 is 0 Å². The van der Waals surface area contributed by atoms with Gasteiger partial charge in [-0.1, -0.05) is 0 Å². The fourth-order valence-corrected chi connectivity index (χ4v) is 2.90. The van der Waals surface area contributed by atoms with E-state index in [0.717, 1.165) is 10.4 Å². The number of hydrogen-bond acceptors (Lipinski definition) is 5. The molecule has 2 N–H and O–H groups in total. The van der Waals surface area contributed by atoms with E-state index >= 15 is 0 Å². The van der Waals surface area contributed by atoms with Crippen LogP contribution in [0.5, 0.6) is 0 Å². The highest BCUT2D eigenvalue weighted by Gasteiger charge is 2.30. The van der Waals surface area contributed by atoms with E-state index in [4.69, 9.17) is 5.73 Å². The van der Waals surface area contributed by atoms with Crippen LogP contribution in [0.1, 0.15) is 13.8 Å². The summed E-state index contributed by atoms with van der Waals surface area (Å²) in [6, 6.07) is 0.959. The van der Waals surface area contributed by atoms with E-state index < -0.39 is 43.1 Å². The minimum atomic E-state index is -4.13. The third-order valence-corrected chi connectivity index (χ3v) is 4.76. The summed E-state index contributed by atoms with van der Waals surface area (Å²) in [5, 5.41) is 10.5. The quantitative estimate of drug-likeness (QED) is 0.512. The number of nitrogen functional groups attached to an aromatic ring is 1. The van der Waals surface area contributed by atoms with Crippen LogP contribution in [0.3, 0.4) is 0 Å². The van der Waals surface area contributed by atoms with E-state index in [1.165, 1.54) is 7.05 Å². The first-order valence-corrected chi connectivity index (χ1v) is 6.74. The van der Waals surface area contributed by atoms with Crippen molar-refractivity contribution in [3.05, 3.63) is 28.1 Å². The zero-order chi connectivity index (χ0) is 15.0. The molecule has 0 saturated heterocycles. The molecule has 1 aromatic rings. The maximum atomic E-state index is 13.8. The molecule has 9 heteroatoms. The van der Waals surface area contributed by atoms with Crippen LogP contribution in [0, 0.1) is 15.9 Å². The molecule has 0 unspecified atom stereocenters. The second kappa shape index (κ2) is 5.10. The lowest BCUT2D eigenvalue weighted by molar-refractivity contribution is -0.385. The Bertz CT molecular complexity index is 592. The van der Waals surface area contributed by atoms with Crippen molar-refractivity contribution in [1.82, 2.24) is 4.31 Å². The highest BCUT2D eigenvalue weighted by atomic mass is 32.2. The van der Waals surface area contributed by atoms with Crippen LogP contribution in [0.15, 0.2) is 17.0 Å². The molecule has 0 aliphatic carbocycles. The Morgan fingerprint density at radius 1 is 1.42 bits per heavy atom. The van der Waals surface area contributed by atoms with E-state index in [1.807, 2.05) is 0 Å². The summed E-state index contributed by atoms with van der Waals surface area (Å²) < 4.78 is 39.0. The minimum Gasteiger partial charge on any atom is -0.397 e. The number of nitro benzene ring substituents is 1. The predicted octanol–water partition coefficient (Wildman–Crippen LogP) is 1.35. The molecule has 0 spiro atoms. The molecule has 19 heavy (non-hydrogen) atoms. The molecule has 106 valence electrons. The van der Waals surface area contributed by atoms with Gasteiger partial charge in [0, 0.05) is 19.2 Å². The zero-order valence-corrected chi connectivity index (χ0v) is 11.4. The molecular formula is C10H14FN3O4S. The molecule has 0 amide bonds. The number of sulfonamides is 1. The number of nitro groups is 1. The summed E-state index contributed by atoms with van der Waals surface area (Å²) in [4.78, 5) is 8.95. The Kier molecular flexibility index (Phi) is 4.11. The van der Waals surface area contributed by atoms with Gasteiger partial charge in [0.1, 0.15) is 4.90 Å². The summed E-state index contributed by atoms with van der Waals surface area (Å²) in [5.41, 5.74) is 4.35. The number of benzene rings is 1. The second-order valence-electron chi connectivity index (χ2n) is 4.22. The van der Waals surface area contributed by atoms with Crippen LogP contribution in [0.2, 0.25) is 0 Å². The van der Waals surface area contributed by atoms with Gasteiger partial charge in [0.15, 0.2) is 5.82 Å². The smallest absolute Gasteiger partial charge is 0.274 e. The van der Waals surface area contributed by atoms with E-state index in [1.54, 1.807) is 13.8 Å². The molecule has 0 aromatic heterocycles. The topological polar surface area (TPSA) is 107 Å². The summed E-state index contributed by atoms with van der Waals surface area (Å²) in [5.74, 6) is -1.24. The van der Waals surface area contributed by atoms with Crippen LogP contribution < -0.4 is 5.73 Å². The second-order valence-corrected chi connectivity index (χ2v) is 6.15. The first-order valence-electron chi connectivity index (χ1n) is 5.30. The first-order chi connectivity index (χ1) is 8.59. The number of anilines is 1. The molecule has 0 radical (unpaired) electrons. The SMILES string of the molecule is CC(C)N(C)S(=O)(=O)c1c(N)cc([N+](=O)[O-])cc1F. The van der Waals surface area contributed by atoms with Gasteiger partial charge < -0.3 is 5.73 Å².